The summed E-state index contributed by atoms with van der Waals surface area (Å²) < 4.78 is 5.24. The van der Waals surface area contributed by atoms with Gasteiger partial charge in [0.1, 0.15) is 0 Å². The zero-order valence-electron chi connectivity index (χ0n) is 13.4. The van der Waals surface area contributed by atoms with Crippen molar-refractivity contribution in [2.75, 3.05) is 6.61 Å². The van der Waals surface area contributed by atoms with Crippen LogP contribution < -0.4 is 0 Å². The van der Waals surface area contributed by atoms with Gasteiger partial charge < -0.3 is 9.84 Å². The molecule has 0 aromatic heterocycles. The van der Waals surface area contributed by atoms with Crippen molar-refractivity contribution in [3.8, 4) is 0 Å². The number of ether oxygens (including phenoxy) is 1. The van der Waals surface area contributed by atoms with Crippen LogP contribution in [-0.2, 0) is 14.3 Å². The van der Waals surface area contributed by atoms with E-state index in [0.29, 0.717) is 6.61 Å². The summed E-state index contributed by atoms with van der Waals surface area (Å²) in [5, 5.41) is 9.18. The standard InChI is InChI=1S/C16H28O4/c1-7-8-9-16(5,6)11-20-13(17)10-12(14(18)19)15(2,3)4/h7,12H,1,8-11H2,2-6H3,(H,18,19)/t12-/m1/s1. The molecule has 0 bridgehead atoms. The number of carboxylic acid groups (broad SMARTS) is 1. The van der Waals surface area contributed by atoms with Crippen molar-refractivity contribution in [2.45, 2.75) is 53.9 Å². The SMILES string of the molecule is C=CCCC(C)(C)COC(=O)C[C@H](C(=O)O)C(C)(C)C. The number of carbonyl (C=O) groups excluding carboxylic acids is 1. The predicted octanol–water partition coefficient (Wildman–Crippen LogP) is 3.66. The van der Waals surface area contributed by atoms with Crippen LogP contribution in [0.1, 0.15) is 53.9 Å². The second-order valence-corrected chi connectivity index (χ2v) is 7.11. The minimum atomic E-state index is -0.958. The monoisotopic (exact) mass is 284 g/mol. The molecular weight excluding hydrogens is 256 g/mol. The van der Waals surface area contributed by atoms with E-state index in [9.17, 15) is 14.7 Å². The van der Waals surface area contributed by atoms with Crippen molar-refractivity contribution in [2.24, 2.45) is 16.7 Å². The van der Waals surface area contributed by atoms with Gasteiger partial charge in [-0.3, -0.25) is 9.59 Å². The first kappa shape index (κ1) is 18.7. The lowest BCUT2D eigenvalue weighted by atomic mass is 9.79. The van der Waals surface area contributed by atoms with Crippen LogP contribution in [0.25, 0.3) is 0 Å². The predicted molar refractivity (Wildman–Crippen MR) is 79.4 cm³/mol. The molecule has 0 aliphatic rings. The normalized spacial score (nSPS) is 13.7. The van der Waals surface area contributed by atoms with E-state index < -0.39 is 23.3 Å². The van der Waals surface area contributed by atoms with Gasteiger partial charge in [0.05, 0.1) is 18.9 Å². The summed E-state index contributed by atoms with van der Waals surface area (Å²) in [6.07, 6.45) is 3.50. The summed E-state index contributed by atoms with van der Waals surface area (Å²) in [5.41, 5.74) is -0.590. The fraction of sp³-hybridized carbons (Fsp3) is 0.750. The van der Waals surface area contributed by atoms with Gasteiger partial charge in [-0.1, -0.05) is 40.7 Å². The average Bonchev–Trinajstić information content (AvgIpc) is 2.29. The topological polar surface area (TPSA) is 63.6 Å². The van der Waals surface area contributed by atoms with Gasteiger partial charge in [-0.05, 0) is 23.7 Å². The molecule has 4 heteroatoms. The van der Waals surface area contributed by atoms with Crippen molar-refractivity contribution in [1.82, 2.24) is 0 Å². The lowest BCUT2D eigenvalue weighted by molar-refractivity contribution is -0.156. The highest BCUT2D eigenvalue weighted by Gasteiger charge is 2.34. The quantitative estimate of drug-likeness (QED) is 0.546. The zero-order chi connectivity index (χ0) is 16.0. The number of hydrogen-bond donors (Lipinski definition) is 1. The number of rotatable bonds is 8. The molecule has 1 N–H and O–H groups in total. The third-order valence-electron chi connectivity index (χ3n) is 3.36. The van der Waals surface area contributed by atoms with Crippen molar-refractivity contribution >= 4 is 11.9 Å². The summed E-state index contributed by atoms with van der Waals surface area (Å²) >= 11 is 0. The van der Waals surface area contributed by atoms with Crippen molar-refractivity contribution in [3.05, 3.63) is 12.7 Å². The van der Waals surface area contributed by atoms with E-state index >= 15 is 0 Å². The third-order valence-corrected chi connectivity index (χ3v) is 3.36. The highest BCUT2D eigenvalue weighted by molar-refractivity contribution is 5.79. The Morgan fingerprint density at radius 2 is 1.80 bits per heavy atom. The first-order chi connectivity index (χ1) is 8.99. The largest absolute Gasteiger partial charge is 0.481 e. The molecular formula is C16H28O4. The minimum Gasteiger partial charge on any atom is -0.481 e. The molecule has 0 rings (SSSR count). The molecule has 0 spiro atoms. The summed E-state index contributed by atoms with van der Waals surface area (Å²) in [5.74, 6) is -2.13. The average molecular weight is 284 g/mol. The molecule has 0 aromatic rings. The maximum Gasteiger partial charge on any atom is 0.307 e. The summed E-state index contributed by atoms with van der Waals surface area (Å²) in [6.45, 7) is 13.4. The van der Waals surface area contributed by atoms with Gasteiger partial charge in [0, 0.05) is 0 Å². The van der Waals surface area contributed by atoms with E-state index in [0.717, 1.165) is 12.8 Å². The molecule has 0 aromatic carbocycles. The molecule has 0 aliphatic heterocycles. The highest BCUT2D eigenvalue weighted by Crippen LogP contribution is 2.30. The molecule has 0 fully saturated rings. The Labute approximate surface area is 122 Å². The summed E-state index contributed by atoms with van der Waals surface area (Å²) in [6, 6.07) is 0. The van der Waals surface area contributed by atoms with Crippen LogP contribution in [0, 0.1) is 16.7 Å². The van der Waals surface area contributed by atoms with E-state index in [-0.39, 0.29) is 11.8 Å². The Kier molecular flexibility index (Phi) is 6.97. The number of allylic oxidation sites excluding steroid dienone is 1. The molecule has 0 amide bonds. The van der Waals surface area contributed by atoms with Crippen LogP contribution in [0.3, 0.4) is 0 Å². The molecule has 20 heavy (non-hydrogen) atoms. The molecule has 0 saturated heterocycles. The second-order valence-electron chi connectivity index (χ2n) is 7.11. The van der Waals surface area contributed by atoms with Crippen molar-refractivity contribution in [3.63, 3.8) is 0 Å². The van der Waals surface area contributed by atoms with Gasteiger partial charge in [-0.25, -0.2) is 0 Å². The smallest absolute Gasteiger partial charge is 0.307 e. The minimum absolute atomic E-state index is 0.0869. The van der Waals surface area contributed by atoms with E-state index in [1.54, 1.807) is 0 Å². The lowest BCUT2D eigenvalue weighted by Crippen LogP contribution is -2.32. The van der Waals surface area contributed by atoms with Gasteiger partial charge >= 0.3 is 11.9 Å². The number of aliphatic carboxylic acids is 1. The fourth-order valence-electron chi connectivity index (χ4n) is 1.83. The lowest BCUT2D eigenvalue weighted by Gasteiger charge is -2.27. The molecule has 116 valence electrons. The van der Waals surface area contributed by atoms with E-state index in [4.69, 9.17) is 4.74 Å². The molecule has 0 saturated carbocycles. The van der Waals surface area contributed by atoms with E-state index in [1.807, 2.05) is 40.7 Å². The highest BCUT2D eigenvalue weighted by atomic mass is 16.5. The van der Waals surface area contributed by atoms with Crippen LogP contribution >= 0.6 is 0 Å². The van der Waals surface area contributed by atoms with Crippen LogP contribution in [0.4, 0.5) is 0 Å². The van der Waals surface area contributed by atoms with Crippen LogP contribution in [0.15, 0.2) is 12.7 Å². The van der Waals surface area contributed by atoms with Gasteiger partial charge in [0.2, 0.25) is 0 Å². The number of hydrogen-bond acceptors (Lipinski definition) is 3. The fourth-order valence-corrected chi connectivity index (χ4v) is 1.83. The van der Waals surface area contributed by atoms with Gasteiger partial charge in [-0.2, -0.15) is 0 Å². The molecule has 0 heterocycles. The molecule has 0 aliphatic carbocycles. The Morgan fingerprint density at radius 1 is 1.25 bits per heavy atom. The van der Waals surface area contributed by atoms with Gasteiger partial charge in [0.15, 0.2) is 0 Å². The zero-order valence-corrected chi connectivity index (χ0v) is 13.4. The first-order valence-electron chi connectivity index (χ1n) is 6.99. The number of carboxylic acids is 1. The number of carbonyl (C=O) groups is 2. The van der Waals surface area contributed by atoms with E-state index in [1.165, 1.54) is 0 Å². The Morgan fingerprint density at radius 3 is 2.20 bits per heavy atom. The van der Waals surface area contributed by atoms with E-state index in [2.05, 4.69) is 6.58 Å². The molecule has 1 atom stereocenters. The first-order valence-corrected chi connectivity index (χ1v) is 6.99. The van der Waals surface area contributed by atoms with Crippen molar-refractivity contribution < 1.29 is 19.4 Å². The Bertz CT molecular complexity index is 350. The second kappa shape index (κ2) is 7.46. The number of esters is 1. The molecule has 4 nitrogen and oxygen atoms in total. The maximum atomic E-state index is 11.8. The molecule has 0 unspecified atom stereocenters. The molecule has 0 radical (unpaired) electrons. The third kappa shape index (κ3) is 7.31. The van der Waals surface area contributed by atoms with Crippen LogP contribution in [0.5, 0.6) is 0 Å². The summed E-state index contributed by atoms with van der Waals surface area (Å²) in [4.78, 5) is 23.0. The van der Waals surface area contributed by atoms with Crippen molar-refractivity contribution in [1.29, 1.82) is 0 Å². The Balaban J connectivity index is 4.41. The Hall–Kier alpha value is -1.32. The van der Waals surface area contributed by atoms with Gasteiger partial charge in [0.25, 0.3) is 0 Å². The maximum absolute atomic E-state index is 11.8. The van der Waals surface area contributed by atoms with Crippen LogP contribution in [-0.4, -0.2) is 23.7 Å². The summed E-state index contributed by atoms with van der Waals surface area (Å²) in [7, 11) is 0. The van der Waals surface area contributed by atoms with Gasteiger partial charge in [-0.15, -0.1) is 6.58 Å². The van der Waals surface area contributed by atoms with Crippen LogP contribution in [0.2, 0.25) is 0 Å².